The first-order valence-corrected chi connectivity index (χ1v) is 13.0. The summed E-state index contributed by atoms with van der Waals surface area (Å²) >= 11 is 3.47. The zero-order valence-corrected chi connectivity index (χ0v) is 23.1. The van der Waals surface area contributed by atoms with Crippen LogP contribution in [0.4, 0.5) is 5.82 Å². The van der Waals surface area contributed by atoms with Crippen LogP contribution in [0.5, 0.6) is 0 Å². The second kappa shape index (κ2) is 11.1. The molecule has 4 aromatic rings. The molecule has 0 aliphatic rings. The molecule has 1 heterocycles. The van der Waals surface area contributed by atoms with Gasteiger partial charge < -0.3 is 10.2 Å². The Hall–Kier alpha value is -3.71. The summed E-state index contributed by atoms with van der Waals surface area (Å²) < 4.78 is 2.45. The van der Waals surface area contributed by atoms with Gasteiger partial charge in [-0.3, -0.25) is 9.59 Å². The van der Waals surface area contributed by atoms with Crippen molar-refractivity contribution in [1.29, 1.82) is 0 Å². The van der Waals surface area contributed by atoms with Crippen LogP contribution in [0.3, 0.4) is 0 Å². The van der Waals surface area contributed by atoms with E-state index < -0.39 is 0 Å². The quantitative estimate of drug-likeness (QED) is 0.280. The van der Waals surface area contributed by atoms with Gasteiger partial charge in [-0.15, -0.1) is 0 Å². The van der Waals surface area contributed by atoms with Crippen molar-refractivity contribution in [1.82, 2.24) is 14.7 Å². The zero-order chi connectivity index (χ0) is 26.6. The van der Waals surface area contributed by atoms with Gasteiger partial charge >= 0.3 is 0 Å². The number of rotatable bonds is 7. The lowest BCUT2D eigenvalue weighted by atomic mass is 9.92. The van der Waals surface area contributed by atoms with Crippen LogP contribution in [0.15, 0.2) is 89.4 Å². The van der Waals surface area contributed by atoms with E-state index in [-0.39, 0.29) is 23.8 Å². The summed E-state index contributed by atoms with van der Waals surface area (Å²) in [7, 11) is 0. The fraction of sp³-hybridized carbons (Fsp3) is 0.233. The average Bonchev–Trinajstić information content (AvgIpc) is 3.28. The summed E-state index contributed by atoms with van der Waals surface area (Å²) in [6, 6.07) is 26.7. The molecule has 6 nitrogen and oxygen atoms in total. The molecule has 0 fully saturated rings. The van der Waals surface area contributed by atoms with Crippen molar-refractivity contribution in [2.45, 2.75) is 39.7 Å². The fourth-order valence-electron chi connectivity index (χ4n) is 3.99. The lowest BCUT2D eigenvalue weighted by Crippen LogP contribution is -2.38. The molecule has 1 aromatic heterocycles. The highest BCUT2D eigenvalue weighted by Gasteiger charge is 2.24. The second-order valence-corrected chi connectivity index (χ2v) is 10.9. The minimum absolute atomic E-state index is 0.112. The first-order chi connectivity index (χ1) is 17.6. The number of carbonyl (C=O) groups is 2. The van der Waals surface area contributed by atoms with E-state index in [4.69, 9.17) is 5.10 Å². The van der Waals surface area contributed by atoms with Gasteiger partial charge in [-0.25, -0.2) is 4.68 Å². The van der Waals surface area contributed by atoms with Gasteiger partial charge in [0.2, 0.25) is 5.91 Å². The van der Waals surface area contributed by atoms with Crippen LogP contribution in [-0.2, 0) is 16.8 Å². The van der Waals surface area contributed by atoms with Crippen LogP contribution in [-0.4, -0.2) is 33.0 Å². The lowest BCUT2D eigenvalue weighted by molar-refractivity contribution is -0.117. The Morgan fingerprint density at radius 1 is 0.946 bits per heavy atom. The van der Waals surface area contributed by atoms with Crippen molar-refractivity contribution in [2.24, 2.45) is 0 Å². The van der Waals surface area contributed by atoms with Gasteiger partial charge in [0.25, 0.3) is 5.91 Å². The summed E-state index contributed by atoms with van der Waals surface area (Å²) in [5.41, 5.74) is 4.02. The molecular weight excluding hydrogens is 528 g/mol. The Balaban J connectivity index is 1.64. The molecule has 0 aliphatic heterocycles. The summed E-state index contributed by atoms with van der Waals surface area (Å²) in [4.78, 5) is 28.5. The number of halogens is 1. The first-order valence-electron chi connectivity index (χ1n) is 12.2. The highest BCUT2D eigenvalue weighted by molar-refractivity contribution is 9.10. The Labute approximate surface area is 226 Å². The molecule has 2 amide bonds. The van der Waals surface area contributed by atoms with Crippen LogP contribution in [0.1, 0.15) is 48.0 Å². The van der Waals surface area contributed by atoms with Gasteiger partial charge in [0.15, 0.2) is 0 Å². The number of anilines is 1. The van der Waals surface area contributed by atoms with Crippen molar-refractivity contribution in [3.8, 4) is 5.69 Å². The Bertz CT molecular complexity index is 1410. The van der Waals surface area contributed by atoms with Gasteiger partial charge in [-0.1, -0.05) is 81.4 Å². The number of amides is 2. The Kier molecular flexibility index (Phi) is 7.93. The summed E-state index contributed by atoms with van der Waals surface area (Å²) in [5, 5.41) is 7.84. The van der Waals surface area contributed by atoms with E-state index >= 15 is 0 Å². The standard InChI is InChI=1S/C30H31BrN4O2/c1-21-12-8-11-17-25(21)35-27(18-26(33-35)30(2,3)4)32-28(36)20-34(19-22-13-6-5-7-14-22)29(37)23-15-9-10-16-24(23)31/h5-18H,19-20H2,1-4H3,(H,32,36). The van der Waals surface area contributed by atoms with Crippen molar-refractivity contribution >= 4 is 33.6 Å². The molecule has 1 N–H and O–H groups in total. The van der Waals surface area contributed by atoms with Crippen LogP contribution in [0, 0.1) is 6.92 Å². The summed E-state index contributed by atoms with van der Waals surface area (Å²) in [6.07, 6.45) is 0. The van der Waals surface area contributed by atoms with Crippen LogP contribution < -0.4 is 5.32 Å². The number of hydrogen-bond acceptors (Lipinski definition) is 3. The van der Waals surface area contributed by atoms with Crippen LogP contribution in [0.25, 0.3) is 5.69 Å². The van der Waals surface area contributed by atoms with Crippen LogP contribution >= 0.6 is 15.9 Å². The van der Waals surface area contributed by atoms with Gasteiger partial charge in [0.1, 0.15) is 12.4 Å². The van der Waals surface area contributed by atoms with E-state index in [0.29, 0.717) is 22.4 Å². The zero-order valence-electron chi connectivity index (χ0n) is 21.5. The van der Waals surface area contributed by atoms with Gasteiger partial charge in [0.05, 0.1) is 16.9 Å². The Morgan fingerprint density at radius 3 is 2.27 bits per heavy atom. The number of hydrogen-bond donors (Lipinski definition) is 1. The highest BCUT2D eigenvalue weighted by Crippen LogP contribution is 2.27. The molecule has 0 aliphatic carbocycles. The minimum atomic E-state index is -0.300. The number of benzene rings is 3. The molecule has 0 unspecified atom stereocenters. The Morgan fingerprint density at radius 2 is 1.59 bits per heavy atom. The third-order valence-electron chi connectivity index (χ3n) is 6.03. The molecule has 0 bridgehead atoms. The molecule has 4 rings (SSSR count). The molecule has 7 heteroatoms. The predicted octanol–water partition coefficient (Wildman–Crippen LogP) is 6.52. The molecule has 0 saturated carbocycles. The molecular formula is C30H31BrN4O2. The maximum Gasteiger partial charge on any atom is 0.255 e. The number of carbonyl (C=O) groups excluding carboxylic acids is 2. The highest BCUT2D eigenvalue weighted by atomic mass is 79.9. The van der Waals surface area contributed by atoms with Gasteiger partial charge in [-0.05, 0) is 52.2 Å². The second-order valence-electron chi connectivity index (χ2n) is 10.0. The van der Waals surface area contributed by atoms with Crippen LogP contribution in [0.2, 0.25) is 0 Å². The summed E-state index contributed by atoms with van der Waals surface area (Å²) in [6.45, 7) is 8.46. The van der Waals surface area contributed by atoms with E-state index in [1.54, 1.807) is 15.6 Å². The number of para-hydroxylation sites is 1. The first kappa shape index (κ1) is 26.4. The molecule has 3 aromatic carbocycles. The fourth-order valence-corrected chi connectivity index (χ4v) is 4.44. The maximum absolute atomic E-state index is 13.5. The maximum atomic E-state index is 13.5. The normalized spacial score (nSPS) is 11.3. The largest absolute Gasteiger partial charge is 0.325 e. The third-order valence-corrected chi connectivity index (χ3v) is 6.72. The van der Waals surface area contributed by atoms with Crippen molar-refractivity contribution in [3.05, 3.63) is 112 Å². The molecule has 0 saturated heterocycles. The molecule has 0 radical (unpaired) electrons. The van der Waals surface area contributed by atoms with E-state index in [9.17, 15) is 9.59 Å². The average molecular weight is 560 g/mol. The minimum Gasteiger partial charge on any atom is -0.325 e. The van der Waals surface area contributed by atoms with Crippen molar-refractivity contribution < 1.29 is 9.59 Å². The molecule has 190 valence electrons. The number of aromatic nitrogens is 2. The lowest BCUT2D eigenvalue weighted by Gasteiger charge is -2.23. The van der Waals surface area contributed by atoms with E-state index in [0.717, 1.165) is 22.5 Å². The van der Waals surface area contributed by atoms with E-state index in [1.165, 1.54) is 0 Å². The third kappa shape index (κ3) is 6.35. The van der Waals surface area contributed by atoms with Gasteiger partial charge in [-0.2, -0.15) is 5.10 Å². The van der Waals surface area contributed by atoms with E-state index in [1.807, 2.05) is 85.8 Å². The van der Waals surface area contributed by atoms with Crippen molar-refractivity contribution in [2.75, 3.05) is 11.9 Å². The predicted molar refractivity (Wildman–Crippen MR) is 151 cm³/mol. The molecule has 0 spiro atoms. The number of nitrogens with zero attached hydrogens (tertiary/aromatic N) is 3. The van der Waals surface area contributed by atoms with Crippen molar-refractivity contribution in [3.63, 3.8) is 0 Å². The smallest absolute Gasteiger partial charge is 0.255 e. The van der Waals surface area contributed by atoms with Gasteiger partial charge in [0, 0.05) is 22.5 Å². The van der Waals surface area contributed by atoms with E-state index in [2.05, 4.69) is 42.0 Å². The summed E-state index contributed by atoms with van der Waals surface area (Å²) in [5.74, 6) is 0.0398. The SMILES string of the molecule is Cc1ccccc1-n1nc(C(C)(C)C)cc1NC(=O)CN(Cc1ccccc1)C(=O)c1ccccc1Br. The number of aryl methyl sites for hydroxylation is 1. The molecule has 0 atom stereocenters. The molecule has 37 heavy (non-hydrogen) atoms. The topological polar surface area (TPSA) is 67.2 Å². The monoisotopic (exact) mass is 558 g/mol. The number of nitrogens with one attached hydrogen (secondary N) is 1.